The zero-order valence-electron chi connectivity index (χ0n) is 10.2. The van der Waals surface area contributed by atoms with Gasteiger partial charge in [0.15, 0.2) is 0 Å². The van der Waals surface area contributed by atoms with Gasteiger partial charge in [0.25, 0.3) is 0 Å². The molecule has 0 aromatic heterocycles. The third-order valence-corrected chi connectivity index (χ3v) is 3.56. The van der Waals surface area contributed by atoms with Gasteiger partial charge < -0.3 is 4.90 Å². The van der Waals surface area contributed by atoms with Crippen molar-refractivity contribution in [3.8, 4) is 6.07 Å². The van der Waals surface area contributed by atoms with Gasteiger partial charge in [-0.1, -0.05) is 17.7 Å². The van der Waals surface area contributed by atoms with Crippen molar-refractivity contribution in [3.05, 3.63) is 34.3 Å². The molecule has 0 fully saturated rings. The van der Waals surface area contributed by atoms with Crippen LogP contribution in [0.5, 0.6) is 0 Å². The SMILES string of the molecule is CSCCCN(C)Cc1ccc(C#N)cc1Cl. The van der Waals surface area contributed by atoms with Gasteiger partial charge in [-0.25, -0.2) is 0 Å². The standard InChI is InChI=1S/C13H17ClN2S/c1-16(6-3-7-17-2)10-12-5-4-11(9-15)8-13(12)14/h4-5,8H,3,6-7,10H2,1-2H3. The van der Waals surface area contributed by atoms with E-state index in [1.54, 1.807) is 6.07 Å². The molecule has 0 radical (unpaired) electrons. The first-order valence-corrected chi connectivity index (χ1v) is 7.30. The lowest BCUT2D eigenvalue weighted by molar-refractivity contribution is 0.328. The zero-order valence-corrected chi connectivity index (χ0v) is 11.8. The summed E-state index contributed by atoms with van der Waals surface area (Å²) in [5, 5.41) is 9.44. The molecular weight excluding hydrogens is 252 g/mol. The Balaban J connectivity index is 2.54. The van der Waals surface area contributed by atoms with Crippen LogP contribution in [0.2, 0.25) is 5.02 Å². The molecule has 17 heavy (non-hydrogen) atoms. The lowest BCUT2D eigenvalue weighted by Gasteiger charge is -2.17. The highest BCUT2D eigenvalue weighted by Crippen LogP contribution is 2.19. The molecule has 0 saturated heterocycles. The van der Waals surface area contributed by atoms with E-state index in [1.165, 1.54) is 12.2 Å². The van der Waals surface area contributed by atoms with E-state index < -0.39 is 0 Å². The molecule has 2 nitrogen and oxygen atoms in total. The van der Waals surface area contributed by atoms with Gasteiger partial charge in [-0.3, -0.25) is 0 Å². The van der Waals surface area contributed by atoms with E-state index in [4.69, 9.17) is 16.9 Å². The molecule has 0 N–H and O–H groups in total. The fourth-order valence-electron chi connectivity index (χ4n) is 1.59. The molecule has 0 heterocycles. The smallest absolute Gasteiger partial charge is 0.0992 e. The lowest BCUT2D eigenvalue weighted by atomic mass is 10.1. The van der Waals surface area contributed by atoms with E-state index in [0.717, 1.165) is 18.7 Å². The third-order valence-electron chi connectivity index (χ3n) is 2.51. The molecular formula is C13H17ClN2S. The highest BCUT2D eigenvalue weighted by molar-refractivity contribution is 7.98. The van der Waals surface area contributed by atoms with Crippen LogP contribution < -0.4 is 0 Å². The molecule has 0 aliphatic carbocycles. The highest BCUT2D eigenvalue weighted by Gasteiger charge is 2.05. The molecule has 0 aliphatic heterocycles. The fraction of sp³-hybridized carbons (Fsp3) is 0.462. The summed E-state index contributed by atoms with van der Waals surface area (Å²) in [5.41, 5.74) is 1.70. The van der Waals surface area contributed by atoms with Crippen LogP contribution in [0.1, 0.15) is 17.5 Å². The molecule has 1 aromatic rings. The molecule has 0 spiro atoms. The van der Waals surface area contributed by atoms with E-state index in [-0.39, 0.29) is 0 Å². The van der Waals surface area contributed by atoms with Crippen LogP contribution in [-0.4, -0.2) is 30.5 Å². The summed E-state index contributed by atoms with van der Waals surface area (Å²) >= 11 is 8.00. The van der Waals surface area contributed by atoms with E-state index in [0.29, 0.717) is 10.6 Å². The molecule has 0 saturated carbocycles. The van der Waals surface area contributed by atoms with Gasteiger partial charge in [-0.2, -0.15) is 17.0 Å². The van der Waals surface area contributed by atoms with Crippen molar-refractivity contribution in [2.45, 2.75) is 13.0 Å². The molecule has 4 heteroatoms. The van der Waals surface area contributed by atoms with Crippen LogP contribution in [0.25, 0.3) is 0 Å². The number of rotatable bonds is 6. The Morgan fingerprint density at radius 3 is 2.82 bits per heavy atom. The molecule has 1 rings (SSSR count). The Bertz CT molecular complexity index is 401. The van der Waals surface area contributed by atoms with Crippen molar-refractivity contribution >= 4 is 23.4 Å². The number of halogens is 1. The summed E-state index contributed by atoms with van der Waals surface area (Å²) in [5.74, 6) is 1.19. The highest BCUT2D eigenvalue weighted by atomic mass is 35.5. The predicted octanol–water partition coefficient (Wildman–Crippen LogP) is 3.40. The lowest BCUT2D eigenvalue weighted by Crippen LogP contribution is -2.19. The second-order valence-corrected chi connectivity index (χ2v) is 5.39. The van der Waals surface area contributed by atoms with Gasteiger partial charge in [-0.15, -0.1) is 0 Å². The summed E-state index contributed by atoms with van der Waals surface area (Å²) < 4.78 is 0. The van der Waals surface area contributed by atoms with Gasteiger partial charge in [0.2, 0.25) is 0 Å². The molecule has 0 bridgehead atoms. The van der Waals surface area contributed by atoms with Crippen LogP contribution in [0.4, 0.5) is 0 Å². The quantitative estimate of drug-likeness (QED) is 0.740. The molecule has 0 aliphatic rings. The van der Waals surface area contributed by atoms with Crippen LogP contribution in [-0.2, 0) is 6.54 Å². The normalized spacial score (nSPS) is 10.5. The topological polar surface area (TPSA) is 27.0 Å². The number of hydrogen-bond acceptors (Lipinski definition) is 3. The van der Waals surface area contributed by atoms with Crippen molar-refractivity contribution in [2.75, 3.05) is 25.6 Å². The Hall–Kier alpha value is -0.690. The number of nitriles is 1. The maximum atomic E-state index is 8.76. The summed E-state index contributed by atoms with van der Waals surface area (Å²) in [6.07, 6.45) is 3.31. The molecule has 0 unspecified atom stereocenters. The van der Waals surface area contributed by atoms with Gasteiger partial charge in [-0.05, 0) is 49.7 Å². The fourth-order valence-corrected chi connectivity index (χ4v) is 2.25. The Labute approximate surface area is 113 Å². The minimum atomic E-state index is 0.615. The van der Waals surface area contributed by atoms with Crippen LogP contribution >= 0.6 is 23.4 Å². The van der Waals surface area contributed by atoms with Crippen molar-refractivity contribution < 1.29 is 0 Å². The Morgan fingerprint density at radius 2 is 2.24 bits per heavy atom. The van der Waals surface area contributed by atoms with E-state index in [2.05, 4.69) is 24.3 Å². The second kappa shape index (κ2) is 7.60. The first-order chi connectivity index (χ1) is 8.17. The van der Waals surface area contributed by atoms with Gasteiger partial charge >= 0.3 is 0 Å². The second-order valence-electron chi connectivity index (χ2n) is 4.00. The number of nitrogens with zero attached hydrogens (tertiary/aromatic N) is 2. The molecule has 92 valence electrons. The summed E-state index contributed by atoms with van der Waals surface area (Å²) in [6, 6.07) is 7.57. The first kappa shape index (κ1) is 14.4. The van der Waals surface area contributed by atoms with Crippen LogP contribution in [0, 0.1) is 11.3 Å². The predicted molar refractivity (Wildman–Crippen MR) is 75.5 cm³/mol. The Morgan fingerprint density at radius 1 is 1.47 bits per heavy atom. The summed E-state index contributed by atoms with van der Waals surface area (Å²) in [7, 11) is 2.09. The van der Waals surface area contributed by atoms with E-state index in [9.17, 15) is 0 Å². The maximum Gasteiger partial charge on any atom is 0.0992 e. The van der Waals surface area contributed by atoms with Gasteiger partial charge in [0.1, 0.15) is 0 Å². The van der Waals surface area contributed by atoms with E-state index in [1.807, 2.05) is 23.9 Å². The minimum Gasteiger partial charge on any atom is -0.302 e. The van der Waals surface area contributed by atoms with E-state index >= 15 is 0 Å². The average molecular weight is 269 g/mol. The van der Waals surface area contributed by atoms with Gasteiger partial charge in [0, 0.05) is 11.6 Å². The minimum absolute atomic E-state index is 0.615. The first-order valence-electron chi connectivity index (χ1n) is 5.53. The summed E-state index contributed by atoms with van der Waals surface area (Å²) in [4.78, 5) is 2.25. The summed E-state index contributed by atoms with van der Waals surface area (Å²) in [6.45, 7) is 1.90. The van der Waals surface area contributed by atoms with Crippen molar-refractivity contribution in [1.29, 1.82) is 5.26 Å². The number of hydrogen-bond donors (Lipinski definition) is 0. The third kappa shape index (κ3) is 4.99. The molecule has 1 aromatic carbocycles. The molecule has 0 amide bonds. The average Bonchev–Trinajstić information content (AvgIpc) is 2.32. The number of benzene rings is 1. The molecule has 0 atom stereocenters. The van der Waals surface area contributed by atoms with Crippen molar-refractivity contribution in [1.82, 2.24) is 4.90 Å². The Kier molecular flexibility index (Phi) is 6.43. The van der Waals surface area contributed by atoms with Crippen molar-refractivity contribution in [2.24, 2.45) is 0 Å². The van der Waals surface area contributed by atoms with Crippen LogP contribution in [0.3, 0.4) is 0 Å². The largest absolute Gasteiger partial charge is 0.302 e. The zero-order chi connectivity index (χ0) is 12.7. The van der Waals surface area contributed by atoms with Gasteiger partial charge in [0.05, 0.1) is 11.6 Å². The monoisotopic (exact) mass is 268 g/mol. The van der Waals surface area contributed by atoms with Crippen LogP contribution in [0.15, 0.2) is 18.2 Å². The maximum absolute atomic E-state index is 8.76. The number of thioether (sulfide) groups is 1. The van der Waals surface area contributed by atoms with Crippen molar-refractivity contribution in [3.63, 3.8) is 0 Å².